The molecule has 0 saturated carbocycles. The third-order valence-electron chi connectivity index (χ3n) is 11.9. The van der Waals surface area contributed by atoms with E-state index in [1.165, 1.54) is 0 Å². The van der Waals surface area contributed by atoms with Crippen molar-refractivity contribution >= 4 is 215 Å². The first-order valence-electron chi connectivity index (χ1n) is 21.5. The Hall–Kier alpha value is -1.58. The van der Waals surface area contributed by atoms with Gasteiger partial charge in [-0.3, -0.25) is 0 Å². The van der Waals surface area contributed by atoms with Crippen molar-refractivity contribution in [1.29, 1.82) is 0 Å². The molecule has 0 N–H and O–H groups in total. The first kappa shape index (κ1) is 53.2. The first-order valence-corrected chi connectivity index (χ1v) is 36.1. The van der Waals surface area contributed by atoms with E-state index in [1.54, 1.807) is 0 Å². The fourth-order valence-electron chi connectivity index (χ4n) is 8.53. The minimum absolute atomic E-state index is 0.965. The quantitative estimate of drug-likeness (QED) is 0.0756. The second kappa shape index (κ2) is 23.5. The summed E-state index contributed by atoms with van der Waals surface area (Å²) in [5.74, 6) is 0. The molecule has 0 radical (unpaired) electrons. The van der Waals surface area contributed by atoms with Crippen molar-refractivity contribution < 1.29 is 26.3 Å². The zero-order valence-electron chi connectivity index (χ0n) is 36.4. The average Bonchev–Trinajstić information content (AvgIpc) is 3.36. The summed E-state index contributed by atoms with van der Waals surface area (Å²) in [6.07, 6.45) is 0. The van der Waals surface area contributed by atoms with E-state index in [0.29, 0.717) is 0 Å². The van der Waals surface area contributed by atoms with Crippen LogP contribution in [0.3, 0.4) is 0 Å². The maximum atomic E-state index is 8.51. The second-order valence-electron chi connectivity index (χ2n) is 16.1. The summed E-state index contributed by atoms with van der Waals surface area (Å²) in [7, 11) is -11.0. The van der Waals surface area contributed by atoms with Crippen LogP contribution in [0, 0.1) is 0 Å². The molecule has 0 fully saturated rings. The molecule has 3 nitrogen and oxygen atoms in total. The van der Waals surface area contributed by atoms with Gasteiger partial charge in [-0.1, -0.05) is 0 Å². The third kappa shape index (κ3) is 11.5. The van der Waals surface area contributed by atoms with Crippen LogP contribution in [0.15, 0.2) is 259 Å². The summed E-state index contributed by atoms with van der Waals surface area (Å²) in [6.45, 7) is 0. The van der Waals surface area contributed by atoms with Gasteiger partial charge in [-0.25, -0.2) is 0 Å². The third-order valence-corrected chi connectivity index (χ3v) is 34.2. The average molecular weight is 1590 g/mol. The Labute approximate surface area is 493 Å². The summed E-state index contributed by atoms with van der Waals surface area (Å²) >= 11 is 30.2. The van der Waals surface area contributed by atoms with E-state index < -0.39 is 41.2 Å². The van der Waals surface area contributed by atoms with E-state index in [0.717, 1.165) is 86.9 Å². The summed E-state index contributed by atoms with van der Waals surface area (Å²) in [6, 6.07) is 77.3. The number of rotatable bonds is 15. The van der Waals surface area contributed by atoms with Gasteiger partial charge < -0.3 is 0 Å². The summed E-state index contributed by atoms with van der Waals surface area (Å²) in [4.78, 5) is 0. The SMILES string of the molecule is Brc1ccc([Si]([O][V]([O][Si](c2ccc(Br)cc2)(c2ccc(Br)cc2)c2ccc(Br)cc2)[O][Si](c2ccc(Br)cc2)(c2ccc(Br)cc2)c2ccc(Br)cc2)(c2ccc(Br)cc2)c2ccc(Br)cc2)cc1. The Kier molecular flexibility index (Phi) is 17.9. The molecule has 0 spiro atoms. The van der Waals surface area contributed by atoms with Crippen molar-refractivity contribution in [2.75, 3.05) is 0 Å². The molecule has 0 saturated heterocycles. The molecule has 0 aliphatic carbocycles. The standard InChI is InChI=1S/3C18H12Br3OSi.V/c3*19-13-1-7-16(8-2-13)23(22,17-9-3-14(20)4-10-17)18-11-5-15(21)6-12-18;/h3*1-12H;/q3*-1;+3. The molecular formula is C54H36Br9O3Si3V. The molecule has 0 aliphatic heterocycles. The monoisotopic (exact) mass is 1580 g/mol. The number of halogens is 9. The van der Waals surface area contributed by atoms with Crippen LogP contribution in [0.25, 0.3) is 0 Å². The van der Waals surface area contributed by atoms with E-state index in [1.807, 2.05) is 0 Å². The van der Waals surface area contributed by atoms with Gasteiger partial charge >= 0.3 is 500 Å². The summed E-state index contributed by atoms with van der Waals surface area (Å²) in [5, 5.41) is 9.36. The Morgan fingerprint density at radius 2 is 0.286 bits per heavy atom. The molecule has 0 aromatic heterocycles. The summed E-state index contributed by atoms with van der Waals surface area (Å²) < 4.78 is 34.2. The molecule has 0 amide bonds. The van der Waals surface area contributed by atoms with Gasteiger partial charge in [0.2, 0.25) is 0 Å². The summed E-state index contributed by atoms with van der Waals surface area (Å²) in [5.41, 5.74) is 0. The molecule has 350 valence electrons. The van der Waals surface area contributed by atoms with Crippen LogP contribution in [-0.4, -0.2) is 25.0 Å². The van der Waals surface area contributed by atoms with E-state index >= 15 is 0 Å². The topological polar surface area (TPSA) is 27.7 Å². The molecule has 70 heavy (non-hydrogen) atoms. The Bertz CT molecular complexity index is 2510. The van der Waals surface area contributed by atoms with E-state index in [2.05, 4.69) is 362 Å². The van der Waals surface area contributed by atoms with Crippen LogP contribution in [0.4, 0.5) is 0 Å². The first-order chi connectivity index (χ1) is 33.8. The molecule has 0 aliphatic rings. The molecule has 0 bridgehead atoms. The van der Waals surface area contributed by atoms with E-state index in [4.69, 9.17) is 10.1 Å². The van der Waals surface area contributed by atoms with Crippen molar-refractivity contribution in [3.05, 3.63) is 259 Å². The van der Waals surface area contributed by atoms with Crippen LogP contribution in [0.2, 0.25) is 0 Å². The number of hydrogen-bond donors (Lipinski definition) is 0. The Morgan fingerprint density at radius 1 is 0.186 bits per heavy atom. The van der Waals surface area contributed by atoms with Crippen LogP contribution in [-0.2, 0) is 26.3 Å². The van der Waals surface area contributed by atoms with Gasteiger partial charge in [0.25, 0.3) is 0 Å². The van der Waals surface area contributed by atoms with Crippen LogP contribution in [0.5, 0.6) is 0 Å². The van der Waals surface area contributed by atoms with E-state index in [9.17, 15) is 0 Å². The molecule has 16 heteroatoms. The molecule has 0 atom stereocenters. The normalized spacial score (nSPS) is 12.1. The molecule has 0 unspecified atom stereocenters. The van der Waals surface area contributed by atoms with Crippen LogP contribution >= 0.6 is 143 Å². The van der Waals surface area contributed by atoms with E-state index in [-0.39, 0.29) is 0 Å². The second-order valence-corrected chi connectivity index (χ2v) is 37.4. The fraction of sp³-hybridized carbons (Fsp3) is 0. The predicted octanol–water partition coefficient (Wildman–Crippen LogP) is 13.3. The maximum absolute atomic E-state index is 8.51. The molecule has 9 aromatic carbocycles. The Balaban J connectivity index is 1.43. The van der Waals surface area contributed by atoms with Gasteiger partial charge in [-0.15, -0.1) is 0 Å². The molecule has 9 aromatic rings. The van der Waals surface area contributed by atoms with Crippen molar-refractivity contribution in [2.45, 2.75) is 0 Å². The zero-order chi connectivity index (χ0) is 49.0. The molecule has 9 rings (SSSR count). The van der Waals surface area contributed by atoms with Crippen LogP contribution < -0.4 is 46.7 Å². The Morgan fingerprint density at radius 3 is 0.386 bits per heavy atom. The van der Waals surface area contributed by atoms with Crippen molar-refractivity contribution in [2.24, 2.45) is 0 Å². The van der Waals surface area contributed by atoms with Gasteiger partial charge in [0.05, 0.1) is 0 Å². The predicted molar refractivity (Wildman–Crippen MR) is 325 cm³/mol. The zero-order valence-corrected chi connectivity index (χ0v) is 55.0. The van der Waals surface area contributed by atoms with Gasteiger partial charge in [-0.2, -0.15) is 0 Å². The van der Waals surface area contributed by atoms with Gasteiger partial charge in [0, 0.05) is 0 Å². The van der Waals surface area contributed by atoms with Gasteiger partial charge in [0.15, 0.2) is 0 Å². The van der Waals surface area contributed by atoms with Crippen molar-refractivity contribution in [3.8, 4) is 0 Å². The van der Waals surface area contributed by atoms with Crippen molar-refractivity contribution in [3.63, 3.8) is 0 Å². The van der Waals surface area contributed by atoms with Crippen molar-refractivity contribution in [1.82, 2.24) is 0 Å². The molecule has 0 heterocycles. The van der Waals surface area contributed by atoms with Gasteiger partial charge in [0.1, 0.15) is 0 Å². The minimum atomic E-state index is -3.78. The van der Waals surface area contributed by atoms with Gasteiger partial charge in [-0.05, 0) is 0 Å². The van der Waals surface area contributed by atoms with Crippen LogP contribution in [0.1, 0.15) is 0 Å². The number of hydrogen-bond acceptors (Lipinski definition) is 3. The fourth-order valence-corrected chi connectivity index (χ4v) is 30.9. The molecular weight excluding hydrogens is 1550 g/mol. The number of benzene rings is 9.